The normalized spacial score (nSPS) is 16.8. The van der Waals surface area contributed by atoms with E-state index in [0.29, 0.717) is 11.3 Å². The van der Waals surface area contributed by atoms with E-state index in [1.165, 1.54) is 36.4 Å². The molecule has 2 aliphatic rings. The molecular formula is C22H21ClN4O4S2. The summed E-state index contributed by atoms with van der Waals surface area (Å²) in [4.78, 5) is 13.1. The molecule has 2 aromatic rings. The number of nitrogens with zero attached hydrogens (tertiary/aromatic N) is 1. The zero-order valence-corrected chi connectivity index (χ0v) is 19.8. The molecule has 0 fully saturated rings. The number of aliphatic hydroxyl groups is 1. The van der Waals surface area contributed by atoms with Crippen molar-refractivity contribution in [3.05, 3.63) is 99.8 Å². The van der Waals surface area contributed by atoms with E-state index in [1.54, 1.807) is 54.0 Å². The van der Waals surface area contributed by atoms with Gasteiger partial charge in [-0.25, -0.2) is 8.42 Å². The Kier molecular flexibility index (Phi) is 6.71. The molecule has 2 atom stereocenters. The van der Waals surface area contributed by atoms with Gasteiger partial charge in [0.1, 0.15) is 4.91 Å². The monoisotopic (exact) mass is 504 g/mol. The molecule has 0 aromatic heterocycles. The lowest BCUT2D eigenvalue weighted by molar-refractivity contribution is 0.0853. The number of rotatable bonds is 7. The minimum absolute atomic E-state index is 0.0302. The number of carbonyl (C=O) groups excluding carboxylic acids is 1. The number of hydrogen-bond donors (Lipinski definition) is 4. The van der Waals surface area contributed by atoms with E-state index in [2.05, 4.69) is 14.8 Å². The van der Waals surface area contributed by atoms with Gasteiger partial charge in [0.05, 0.1) is 41.2 Å². The molecule has 4 rings (SSSR count). The van der Waals surface area contributed by atoms with E-state index in [1.807, 2.05) is 6.07 Å². The fourth-order valence-electron chi connectivity index (χ4n) is 3.36. The maximum Gasteiger partial charge on any atom is 0.264 e. The van der Waals surface area contributed by atoms with Gasteiger partial charge < -0.3 is 15.1 Å². The Bertz CT molecular complexity index is 1260. The van der Waals surface area contributed by atoms with Crippen molar-refractivity contribution in [3.8, 4) is 0 Å². The quantitative estimate of drug-likeness (QED) is 0.426. The lowest BCUT2D eigenvalue weighted by atomic mass is 10.0. The summed E-state index contributed by atoms with van der Waals surface area (Å²) in [5, 5.41) is 13.6. The molecule has 1 amide bonds. The molecule has 0 saturated heterocycles. The van der Waals surface area contributed by atoms with Crippen LogP contribution in [-0.2, 0) is 10.0 Å². The van der Waals surface area contributed by atoms with Crippen LogP contribution in [0.25, 0.3) is 0 Å². The van der Waals surface area contributed by atoms with Crippen LogP contribution in [0.1, 0.15) is 28.9 Å². The van der Waals surface area contributed by atoms with Crippen molar-refractivity contribution in [1.82, 2.24) is 14.3 Å². The predicted molar refractivity (Wildman–Crippen MR) is 130 cm³/mol. The zero-order chi connectivity index (χ0) is 23.6. The Hall–Kier alpha value is -2.92. The summed E-state index contributed by atoms with van der Waals surface area (Å²) in [5.41, 5.74) is 1.22. The summed E-state index contributed by atoms with van der Waals surface area (Å²) in [6.07, 6.45) is 5.46. The van der Waals surface area contributed by atoms with Crippen molar-refractivity contribution >= 4 is 45.4 Å². The number of fused-ring (bicyclic) bond motifs is 1. The summed E-state index contributed by atoms with van der Waals surface area (Å²) in [6.45, 7) is 1.67. The maximum absolute atomic E-state index is 13.2. The number of anilines is 1. The number of halogens is 1. The van der Waals surface area contributed by atoms with Crippen molar-refractivity contribution in [2.24, 2.45) is 0 Å². The van der Waals surface area contributed by atoms with E-state index in [0.717, 1.165) is 0 Å². The van der Waals surface area contributed by atoms with E-state index in [4.69, 9.17) is 11.6 Å². The molecular weight excluding hydrogens is 484 g/mol. The second-order valence-corrected chi connectivity index (χ2v) is 10.2. The van der Waals surface area contributed by atoms with Crippen LogP contribution in [0.15, 0.2) is 83.7 Å². The van der Waals surface area contributed by atoms with Crippen LogP contribution in [0.3, 0.4) is 0 Å². The van der Waals surface area contributed by atoms with Gasteiger partial charge in [0, 0.05) is 17.4 Å². The molecule has 2 aromatic carbocycles. The number of nitrogens with one attached hydrogen (secondary N) is 3. The lowest BCUT2D eigenvalue weighted by Gasteiger charge is -2.23. The molecule has 8 nitrogen and oxygen atoms in total. The van der Waals surface area contributed by atoms with Gasteiger partial charge in [-0.1, -0.05) is 41.9 Å². The standard InChI is InChI=1S/C22H21ClN4O4S2/c1-14(21(28)15-6-3-2-4-7-15)25-22(29)17-10-9-16(23)12-18(17)26-33(30,31)20-8-5-11-27-19(20)13-24-32-27/h2-14,21,24,26,28H,1H3,(H,25,29)/t14-,21-/m1/s1. The summed E-state index contributed by atoms with van der Waals surface area (Å²) in [5.74, 6) is -0.553. The third-order valence-corrected chi connectivity index (χ3v) is 7.43. The van der Waals surface area contributed by atoms with Gasteiger partial charge in [-0.15, -0.1) is 0 Å². The summed E-state index contributed by atoms with van der Waals surface area (Å²) >= 11 is 7.33. The average Bonchev–Trinajstić information content (AvgIpc) is 3.27. The largest absolute Gasteiger partial charge is 0.386 e. The van der Waals surface area contributed by atoms with Crippen LogP contribution in [-0.4, -0.2) is 29.8 Å². The van der Waals surface area contributed by atoms with Crippen LogP contribution in [0, 0.1) is 0 Å². The summed E-state index contributed by atoms with van der Waals surface area (Å²) in [6, 6.07) is 12.6. The minimum atomic E-state index is -4.04. The molecule has 4 N–H and O–H groups in total. The van der Waals surface area contributed by atoms with Gasteiger partial charge in [-0.05, 0) is 42.8 Å². The van der Waals surface area contributed by atoms with Gasteiger partial charge in [0.2, 0.25) is 0 Å². The van der Waals surface area contributed by atoms with Crippen LogP contribution in [0.4, 0.5) is 5.69 Å². The molecule has 0 spiro atoms. The average molecular weight is 505 g/mol. The third-order valence-electron chi connectivity index (χ3n) is 5.04. The Balaban J connectivity index is 1.57. The minimum Gasteiger partial charge on any atom is -0.386 e. The molecule has 33 heavy (non-hydrogen) atoms. The highest BCUT2D eigenvalue weighted by Gasteiger charge is 2.31. The third kappa shape index (κ3) is 5.03. The number of aliphatic hydroxyl groups excluding tert-OH is 1. The Morgan fingerprint density at radius 3 is 2.73 bits per heavy atom. The zero-order valence-electron chi connectivity index (χ0n) is 17.4. The predicted octanol–water partition coefficient (Wildman–Crippen LogP) is 3.65. The van der Waals surface area contributed by atoms with Crippen molar-refractivity contribution in [2.75, 3.05) is 4.72 Å². The second-order valence-electron chi connectivity index (χ2n) is 7.35. The molecule has 0 bridgehead atoms. The van der Waals surface area contributed by atoms with Crippen LogP contribution >= 0.6 is 23.7 Å². The Morgan fingerprint density at radius 1 is 1.21 bits per heavy atom. The van der Waals surface area contributed by atoms with Gasteiger partial charge in [-0.2, -0.15) is 0 Å². The number of allylic oxidation sites excluding steroid dienone is 2. The highest BCUT2D eigenvalue weighted by atomic mass is 35.5. The molecule has 2 aliphatic heterocycles. The molecule has 0 unspecified atom stereocenters. The fourth-order valence-corrected chi connectivity index (χ4v) is 5.51. The molecule has 0 aliphatic carbocycles. The first-order chi connectivity index (χ1) is 15.8. The summed E-state index contributed by atoms with van der Waals surface area (Å²) < 4.78 is 33.4. The lowest BCUT2D eigenvalue weighted by Crippen LogP contribution is -2.37. The van der Waals surface area contributed by atoms with E-state index in [9.17, 15) is 18.3 Å². The van der Waals surface area contributed by atoms with Crippen molar-refractivity contribution in [1.29, 1.82) is 0 Å². The fraction of sp³-hybridized carbons (Fsp3) is 0.136. The smallest absolute Gasteiger partial charge is 0.264 e. The number of hydrogen-bond acceptors (Lipinski definition) is 7. The van der Waals surface area contributed by atoms with E-state index in [-0.39, 0.29) is 21.2 Å². The van der Waals surface area contributed by atoms with Crippen molar-refractivity contribution in [2.45, 2.75) is 19.1 Å². The van der Waals surface area contributed by atoms with Gasteiger partial charge in [0.25, 0.3) is 15.9 Å². The van der Waals surface area contributed by atoms with Crippen molar-refractivity contribution < 1.29 is 18.3 Å². The Labute approximate surface area is 201 Å². The number of sulfonamides is 1. The van der Waals surface area contributed by atoms with Gasteiger partial charge in [-0.3, -0.25) is 13.8 Å². The highest BCUT2D eigenvalue weighted by Crippen LogP contribution is 2.34. The first-order valence-corrected chi connectivity index (χ1v) is 12.6. The van der Waals surface area contributed by atoms with Gasteiger partial charge >= 0.3 is 0 Å². The molecule has 172 valence electrons. The first-order valence-electron chi connectivity index (χ1n) is 9.93. The molecule has 11 heteroatoms. The van der Waals surface area contributed by atoms with Gasteiger partial charge in [0.15, 0.2) is 0 Å². The topological polar surface area (TPSA) is 111 Å². The van der Waals surface area contributed by atoms with E-state index < -0.39 is 28.1 Å². The maximum atomic E-state index is 13.2. The van der Waals surface area contributed by atoms with Crippen LogP contribution in [0.2, 0.25) is 5.02 Å². The molecule has 0 saturated carbocycles. The SMILES string of the molecule is C[C@@H](NC(=O)c1ccc(Cl)cc1NS(=O)(=O)C1=CC=CN2SNC=C12)[C@@H](O)c1ccccc1. The molecule has 0 radical (unpaired) electrons. The molecule has 2 heterocycles. The number of amides is 1. The highest BCUT2D eigenvalue weighted by molar-refractivity contribution is 7.97. The van der Waals surface area contributed by atoms with Crippen LogP contribution in [0.5, 0.6) is 0 Å². The second kappa shape index (κ2) is 9.52. The summed E-state index contributed by atoms with van der Waals surface area (Å²) in [7, 11) is -4.04. The van der Waals surface area contributed by atoms with Crippen LogP contribution < -0.4 is 14.8 Å². The number of carbonyl (C=O) groups is 1. The van der Waals surface area contributed by atoms with E-state index >= 15 is 0 Å². The number of benzene rings is 2. The van der Waals surface area contributed by atoms with Crippen molar-refractivity contribution in [3.63, 3.8) is 0 Å². The Morgan fingerprint density at radius 2 is 1.97 bits per heavy atom. The first kappa shape index (κ1) is 23.2.